The van der Waals surface area contributed by atoms with Gasteiger partial charge in [-0.2, -0.15) is 0 Å². The van der Waals surface area contributed by atoms with Crippen LogP contribution in [0, 0.1) is 11.3 Å². The van der Waals surface area contributed by atoms with E-state index in [1.807, 2.05) is 42.5 Å². The largest absolute Gasteiger partial charge is 0.481 e. The minimum absolute atomic E-state index is 0.00575. The van der Waals surface area contributed by atoms with Crippen LogP contribution < -0.4 is 5.32 Å². The summed E-state index contributed by atoms with van der Waals surface area (Å²) in [4.78, 5) is 27.2. The van der Waals surface area contributed by atoms with Gasteiger partial charge in [-0.05, 0) is 60.6 Å². The Morgan fingerprint density at radius 1 is 1.13 bits per heavy atom. The van der Waals surface area contributed by atoms with Crippen LogP contribution in [-0.2, 0) is 25.8 Å². The second kappa shape index (κ2) is 11.9. The van der Waals surface area contributed by atoms with E-state index in [9.17, 15) is 23.1 Å². The predicted molar refractivity (Wildman–Crippen MR) is 149 cm³/mol. The van der Waals surface area contributed by atoms with Gasteiger partial charge in [0.25, 0.3) is 0 Å². The van der Waals surface area contributed by atoms with Gasteiger partial charge in [-0.25, -0.2) is 8.42 Å². The molecule has 0 spiro atoms. The molecule has 2 aromatic carbocycles. The lowest BCUT2D eigenvalue weighted by atomic mass is 9.66. The third kappa shape index (κ3) is 7.29. The summed E-state index contributed by atoms with van der Waals surface area (Å²) in [6.07, 6.45) is 1.63. The van der Waals surface area contributed by atoms with Crippen LogP contribution in [0.5, 0.6) is 0 Å². The van der Waals surface area contributed by atoms with Crippen molar-refractivity contribution < 1.29 is 23.1 Å². The molecule has 2 aromatic rings. The maximum atomic E-state index is 13.4. The van der Waals surface area contributed by atoms with Gasteiger partial charge >= 0.3 is 5.97 Å². The van der Waals surface area contributed by atoms with E-state index in [0.717, 1.165) is 24.0 Å². The molecule has 10 heteroatoms. The normalized spacial score (nSPS) is 26.4. The number of carboxylic acid groups (broad SMARTS) is 1. The summed E-state index contributed by atoms with van der Waals surface area (Å²) in [5, 5.41) is 14.0. The van der Waals surface area contributed by atoms with Crippen molar-refractivity contribution in [3.05, 3.63) is 69.7 Å². The second-order valence-electron chi connectivity index (χ2n) is 10.9. The highest BCUT2D eigenvalue weighted by molar-refractivity contribution is 7.91. The van der Waals surface area contributed by atoms with E-state index in [1.54, 1.807) is 13.0 Å². The van der Waals surface area contributed by atoms with Crippen LogP contribution in [0.4, 0.5) is 0 Å². The van der Waals surface area contributed by atoms with E-state index < -0.39 is 21.2 Å². The van der Waals surface area contributed by atoms with Crippen LogP contribution in [0.3, 0.4) is 0 Å². The van der Waals surface area contributed by atoms with Gasteiger partial charge in [0.1, 0.15) is 0 Å². The molecule has 4 atom stereocenters. The maximum absolute atomic E-state index is 13.4. The lowest BCUT2D eigenvalue weighted by Crippen LogP contribution is -2.58. The summed E-state index contributed by atoms with van der Waals surface area (Å²) < 4.78 is 24.1. The summed E-state index contributed by atoms with van der Waals surface area (Å²) in [5.74, 6) is -1.18. The number of amides is 1. The quantitative estimate of drug-likeness (QED) is 0.455. The molecule has 0 radical (unpaired) electrons. The minimum Gasteiger partial charge on any atom is -0.481 e. The first kappa shape index (κ1) is 28.9. The molecule has 7 nitrogen and oxygen atoms in total. The summed E-state index contributed by atoms with van der Waals surface area (Å²) in [6.45, 7) is 3.25. The van der Waals surface area contributed by atoms with Crippen LogP contribution in [-0.4, -0.2) is 67.5 Å². The Morgan fingerprint density at radius 2 is 1.82 bits per heavy atom. The van der Waals surface area contributed by atoms with Crippen LogP contribution >= 0.6 is 23.2 Å². The summed E-state index contributed by atoms with van der Waals surface area (Å²) in [6, 6.07) is 15.0. The number of carbonyl (C=O) groups excluding carboxylic acids is 1. The minimum atomic E-state index is -3.02. The highest BCUT2D eigenvalue weighted by atomic mass is 35.5. The number of aryl methyl sites for hydroxylation is 1. The molecule has 2 heterocycles. The van der Waals surface area contributed by atoms with Crippen molar-refractivity contribution in [1.82, 2.24) is 10.2 Å². The van der Waals surface area contributed by atoms with Crippen molar-refractivity contribution in [2.24, 2.45) is 11.3 Å². The number of hydrogen-bond acceptors (Lipinski definition) is 5. The van der Waals surface area contributed by atoms with Gasteiger partial charge in [0.15, 0.2) is 9.84 Å². The molecule has 0 bridgehead atoms. The van der Waals surface area contributed by atoms with Gasteiger partial charge in [-0.15, -0.1) is 0 Å². The van der Waals surface area contributed by atoms with Gasteiger partial charge in [-0.1, -0.05) is 54.4 Å². The topological polar surface area (TPSA) is 104 Å². The fourth-order valence-electron chi connectivity index (χ4n) is 5.78. The van der Waals surface area contributed by atoms with E-state index in [4.69, 9.17) is 23.2 Å². The van der Waals surface area contributed by atoms with E-state index in [1.165, 1.54) is 0 Å². The molecule has 1 amide bonds. The Bertz CT molecular complexity index is 1260. The summed E-state index contributed by atoms with van der Waals surface area (Å²) in [7, 11) is -3.02. The number of benzene rings is 2. The number of carbonyl (C=O) groups is 2. The monoisotopic (exact) mass is 580 g/mol. The average Bonchev–Trinajstić information content (AvgIpc) is 2.85. The molecule has 0 aromatic heterocycles. The molecule has 38 heavy (non-hydrogen) atoms. The molecular formula is C28H34Cl2N2O5S. The van der Waals surface area contributed by atoms with E-state index >= 15 is 0 Å². The fraction of sp³-hybridized carbons (Fsp3) is 0.500. The first-order valence-electron chi connectivity index (χ1n) is 12.9. The first-order chi connectivity index (χ1) is 17.9. The number of aliphatic carboxylic acids is 1. The van der Waals surface area contributed by atoms with Gasteiger partial charge < -0.3 is 15.3 Å². The summed E-state index contributed by atoms with van der Waals surface area (Å²) in [5.41, 5.74) is 1.02. The number of nitrogens with one attached hydrogen (secondary N) is 1. The van der Waals surface area contributed by atoms with Gasteiger partial charge in [0.05, 0.1) is 23.3 Å². The third-order valence-electron chi connectivity index (χ3n) is 7.92. The molecule has 0 saturated carbocycles. The Morgan fingerprint density at radius 3 is 2.45 bits per heavy atom. The zero-order chi connectivity index (χ0) is 27.5. The van der Waals surface area contributed by atoms with Crippen LogP contribution in [0.1, 0.15) is 43.2 Å². The fourth-order valence-corrected chi connectivity index (χ4v) is 7.38. The van der Waals surface area contributed by atoms with E-state index in [2.05, 4.69) is 10.2 Å². The molecule has 2 saturated heterocycles. The number of halogens is 2. The molecule has 2 aliphatic rings. The smallest absolute Gasteiger partial charge is 0.304 e. The van der Waals surface area contributed by atoms with E-state index in [-0.39, 0.29) is 41.7 Å². The van der Waals surface area contributed by atoms with Crippen molar-refractivity contribution in [2.45, 2.75) is 44.6 Å². The number of nitrogens with zero attached hydrogens (tertiary/aromatic N) is 1. The van der Waals surface area contributed by atoms with Crippen LogP contribution in [0.2, 0.25) is 10.0 Å². The number of sulfone groups is 1. The lowest BCUT2D eigenvalue weighted by molar-refractivity contribution is -0.147. The van der Waals surface area contributed by atoms with Gasteiger partial charge in [0, 0.05) is 41.6 Å². The SMILES string of the molecule is CC1(CC(=O)O)CC(c2cccc(Cl)c2)C(C(CCc2ccc(Cl)cc2)CN2CCS(=O)(=O)CC2)NC1=O. The highest BCUT2D eigenvalue weighted by Gasteiger charge is 2.48. The van der Waals surface area contributed by atoms with Crippen LogP contribution in [0.25, 0.3) is 0 Å². The zero-order valence-corrected chi connectivity index (χ0v) is 23.7. The Hall–Kier alpha value is -2.13. The average molecular weight is 582 g/mol. The second-order valence-corrected chi connectivity index (χ2v) is 14.1. The molecule has 4 rings (SSSR count). The third-order valence-corrected chi connectivity index (χ3v) is 10.0. The zero-order valence-electron chi connectivity index (χ0n) is 21.4. The standard InChI is InChI=1S/C28H34Cl2N2O5S/c1-28(17-25(33)34)16-24(20-3-2-4-23(30)15-20)26(31-27(28)35)21(8-5-19-6-9-22(29)10-7-19)18-32-11-13-38(36,37)14-12-32/h2-4,6-7,9-10,15,21,24,26H,5,8,11-14,16-18H2,1H3,(H,31,35)(H,33,34). The molecule has 2 N–H and O–H groups in total. The van der Waals surface area contributed by atoms with E-state index in [0.29, 0.717) is 36.1 Å². The number of piperidine rings is 1. The van der Waals surface area contributed by atoms with Crippen molar-refractivity contribution in [3.63, 3.8) is 0 Å². The Balaban J connectivity index is 1.65. The molecule has 2 fully saturated rings. The molecule has 206 valence electrons. The number of rotatable bonds is 9. The summed E-state index contributed by atoms with van der Waals surface area (Å²) >= 11 is 12.4. The molecular weight excluding hydrogens is 547 g/mol. The van der Waals surface area contributed by atoms with Crippen molar-refractivity contribution >= 4 is 44.9 Å². The van der Waals surface area contributed by atoms with Crippen molar-refractivity contribution in [3.8, 4) is 0 Å². The Kier molecular flexibility index (Phi) is 9.07. The maximum Gasteiger partial charge on any atom is 0.304 e. The van der Waals surface area contributed by atoms with Gasteiger partial charge in [0.2, 0.25) is 5.91 Å². The molecule has 2 aliphatic heterocycles. The Labute approximate surface area is 234 Å². The number of carboxylic acids is 1. The first-order valence-corrected chi connectivity index (χ1v) is 15.5. The van der Waals surface area contributed by atoms with Crippen molar-refractivity contribution in [1.29, 1.82) is 0 Å². The van der Waals surface area contributed by atoms with Crippen LogP contribution in [0.15, 0.2) is 48.5 Å². The number of hydrogen-bond donors (Lipinski definition) is 2. The lowest BCUT2D eigenvalue weighted by Gasteiger charge is -2.46. The highest BCUT2D eigenvalue weighted by Crippen LogP contribution is 2.44. The van der Waals surface area contributed by atoms with Crippen molar-refractivity contribution in [2.75, 3.05) is 31.1 Å². The molecule has 4 unspecified atom stereocenters. The van der Waals surface area contributed by atoms with Gasteiger partial charge in [-0.3, -0.25) is 9.59 Å². The predicted octanol–water partition coefficient (Wildman–Crippen LogP) is 4.43. The molecule has 0 aliphatic carbocycles.